The summed E-state index contributed by atoms with van der Waals surface area (Å²) in [6.45, 7) is 0. The maximum Gasteiger partial charge on any atom is 0.356 e. The van der Waals surface area contributed by atoms with Crippen LogP contribution < -0.4 is 4.74 Å². The minimum atomic E-state index is -1.29. The molecule has 0 bridgehead atoms. The van der Waals surface area contributed by atoms with E-state index in [-0.39, 0.29) is 22.7 Å². The van der Waals surface area contributed by atoms with Crippen LogP contribution in [0.5, 0.6) is 11.5 Å². The molecule has 20 heavy (non-hydrogen) atoms. The van der Waals surface area contributed by atoms with Crippen molar-refractivity contribution in [1.29, 1.82) is 0 Å². The van der Waals surface area contributed by atoms with Crippen molar-refractivity contribution in [1.82, 2.24) is 9.78 Å². The molecule has 1 aromatic carbocycles. The molecule has 8 heteroatoms. The summed E-state index contributed by atoms with van der Waals surface area (Å²) in [5.41, 5.74) is -0.457. The van der Waals surface area contributed by atoms with Gasteiger partial charge in [-0.2, -0.15) is 9.49 Å². The van der Waals surface area contributed by atoms with Crippen molar-refractivity contribution in [3.8, 4) is 22.8 Å². The van der Waals surface area contributed by atoms with E-state index >= 15 is 0 Å². The Morgan fingerprint density at radius 1 is 1.35 bits per heavy atom. The molecular formula is C12H10F2N2O4. The molecule has 2 aromatic rings. The minimum Gasteiger partial charge on any atom is -0.503 e. The van der Waals surface area contributed by atoms with Gasteiger partial charge in [0.25, 0.3) is 0 Å². The number of rotatable bonds is 3. The van der Waals surface area contributed by atoms with Gasteiger partial charge in [-0.25, -0.2) is 9.18 Å². The van der Waals surface area contributed by atoms with Crippen molar-refractivity contribution in [2.45, 2.75) is 0 Å². The van der Waals surface area contributed by atoms with Gasteiger partial charge in [0, 0.05) is 12.6 Å². The molecule has 0 aliphatic heterocycles. The number of carboxylic acid groups (broad SMARTS) is 1. The topological polar surface area (TPSA) is 84.6 Å². The summed E-state index contributed by atoms with van der Waals surface area (Å²) in [4.78, 5) is 10.8. The maximum absolute atomic E-state index is 13.9. The second kappa shape index (κ2) is 4.80. The van der Waals surface area contributed by atoms with Crippen molar-refractivity contribution in [2.24, 2.45) is 7.05 Å². The number of nitrogens with zero attached hydrogens (tertiary/aromatic N) is 2. The third-order valence-corrected chi connectivity index (χ3v) is 2.74. The van der Waals surface area contributed by atoms with Gasteiger partial charge < -0.3 is 14.9 Å². The predicted octanol–water partition coefficient (Wildman–Crippen LogP) is 1.78. The van der Waals surface area contributed by atoms with Gasteiger partial charge in [0.15, 0.2) is 23.0 Å². The number of benzene rings is 1. The summed E-state index contributed by atoms with van der Waals surface area (Å²) in [6, 6.07) is 2.13. The van der Waals surface area contributed by atoms with E-state index in [2.05, 4.69) is 9.84 Å². The summed E-state index contributed by atoms with van der Waals surface area (Å²) in [6.07, 6.45) is 0. The first-order valence-electron chi connectivity index (χ1n) is 5.39. The highest BCUT2D eigenvalue weighted by Gasteiger charge is 2.22. The second-order valence-electron chi connectivity index (χ2n) is 3.95. The van der Waals surface area contributed by atoms with Crippen molar-refractivity contribution >= 4 is 5.97 Å². The summed E-state index contributed by atoms with van der Waals surface area (Å²) in [7, 11) is 2.56. The van der Waals surface area contributed by atoms with Crippen LogP contribution in [-0.2, 0) is 7.05 Å². The Morgan fingerprint density at radius 2 is 2.00 bits per heavy atom. The highest BCUT2D eigenvalue weighted by atomic mass is 19.1. The first-order valence-corrected chi connectivity index (χ1v) is 5.39. The van der Waals surface area contributed by atoms with Crippen molar-refractivity contribution in [3.63, 3.8) is 0 Å². The van der Waals surface area contributed by atoms with Crippen molar-refractivity contribution in [3.05, 3.63) is 29.5 Å². The Morgan fingerprint density at radius 3 is 2.50 bits per heavy atom. The lowest BCUT2D eigenvalue weighted by molar-refractivity contribution is 0.0689. The molecular weight excluding hydrogens is 274 g/mol. The number of phenolic OH excluding ortho intramolecular Hbond substituents is 1. The van der Waals surface area contributed by atoms with Crippen LogP contribution in [0.15, 0.2) is 12.1 Å². The molecule has 0 unspecified atom stereocenters. The molecule has 0 radical (unpaired) electrons. The molecule has 0 amide bonds. The Bertz CT molecular complexity index is 697. The second-order valence-corrected chi connectivity index (χ2v) is 3.95. The van der Waals surface area contributed by atoms with Gasteiger partial charge in [-0.3, -0.25) is 4.68 Å². The van der Waals surface area contributed by atoms with Crippen LogP contribution >= 0.6 is 0 Å². The minimum absolute atomic E-state index is 0.0634. The number of carbonyl (C=O) groups is 1. The predicted molar refractivity (Wildman–Crippen MR) is 63.7 cm³/mol. The van der Waals surface area contributed by atoms with Gasteiger partial charge in [0.2, 0.25) is 5.82 Å². The Kier molecular flexibility index (Phi) is 3.31. The number of methoxy groups -OCH3 is 1. The van der Waals surface area contributed by atoms with E-state index in [4.69, 9.17) is 5.11 Å². The number of hydrogen-bond acceptors (Lipinski definition) is 4. The van der Waals surface area contributed by atoms with Crippen LogP contribution in [0.25, 0.3) is 11.3 Å². The average molecular weight is 284 g/mol. The summed E-state index contributed by atoms with van der Waals surface area (Å²) < 4.78 is 33.2. The number of aromatic nitrogens is 2. The van der Waals surface area contributed by atoms with Gasteiger partial charge in [-0.15, -0.1) is 0 Å². The molecule has 2 N–H and O–H groups in total. The summed E-state index contributed by atoms with van der Waals surface area (Å²) in [5, 5.41) is 21.9. The molecule has 0 spiro atoms. The van der Waals surface area contributed by atoms with E-state index in [1.165, 1.54) is 7.05 Å². The van der Waals surface area contributed by atoms with Crippen molar-refractivity contribution < 1.29 is 28.5 Å². The van der Waals surface area contributed by atoms with E-state index in [9.17, 15) is 18.7 Å². The summed E-state index contributed by atoms with van der Waals surface area (Å²) >= 11 is 0. The Balaban J connectivity index is 2.69. The average Bonchev–Trinajstić information content (AvgIpc) is 2.79. The summed E-state index contributed by atoms with van der Waals surface area (Å²) in [5.74, 6) is -5.29. The van der Waals surface area contributed by atoms with Crippen LogP contribution in [0.2, 0.25) is 0 Å². The van der Waals surface area contributed by atoms with Crippen LogP contribution in [-0.4, -0.2) is 33.1 Å². The fourth-order valence-corrected chi connectivity index (χ4v) is 1.76. The maximum atomic E-state index is 13.9. The van der Waals surface area contributed by atoms with E-state index in [0.29, 0.717) is 0 Å². The van der Waals surface area contributed by atoms with Gasteiger partial charge in [0.05, 0.1) is 12.8 Å². The van der Waals surface area contributed by atoms with Gasteiger partial charge >= 0.3 is 5.97 Å². The number of ether oxygens (including phenoxy) is 1. The lowest BCUT2D eigenvalue weighted by atomic mass is 10.1. The smallest absolute Gasteiger partial charge is 0.356 e. The zero-order valence-electron chi connectivity index (χ0n) is 10.5. The molecule has 0 saturated carbocycles. The fraction of sp³-hybridized carbons (Fsp3) is 0.167. The van der Waals surface area contributed by atoms with Gasteiger partial charge in [0.1, 0.15) is 0 Å². The molecule has 0 saturated heterocycles. The SMILES string of the molecule is COc1cc(-c2cc(C(=O)O)nn2C)c(F)c(O)c1F. The third-order valence-electron chi connectivity index (χ3n) is 2.74. The number of aryl methyl sites for hydroxylation is 1. The van der Waals surface area contributed by atoms with Crippen LogP contribution in [0.1, 0.15) is 10.5 Å². The number of phenols is 1. The highest BCUT2D eigenvalue weighted by molar-refractivity contribution is 5.87. The molecule has 0 aliphatic carbocycles. The van der Waals surface area contributed by atoms with E-state index in [1.807, 2.05) is 0 Å². The van der Waals surface area contributed by atoms with Gasteiger partial charge in [-0.05, 0) is 12.1 Å². The highest BCUT2D eigenvalue weighted by Crippen LogP contribution is 2.36. The van der Waals surface area contributed by atoms with Crippen molar-refractivity contribution in [2.75, 3.05) is 7.11 Å². The molecule has 0 fully saturated rings. The first kappa shape index (κ1) is 13.8. The van der Waals surface area contributed by atoms with E-state index in [1.54, 1.807) is 0 Å². The molecule has 1 heterocycles. The zero-order chi connectivity index (χ0) is 15.0. The van der Waals surface area contributed by atoms with Crippen LogP contribution in [0, 0.1) is 11.6 Å². The lowest BCUT2D eigenvalue weighted by Crippen LogP contribution is -2.00. The quantitative estimate of drug-likeness (QED) is 0.897. The monoisotopic (exact) mass is 284 g/mol. The molecule has 1 aromatic heterocycles. The number of carboxylic acids is 1. The zero-order valence-corrected chi connectivity index (χ0v) is 10.5. The van der Waals surface area contributed by atoms with E-state index in [0.717, 1.165) is 23.9 Å². The Hall–Kier alpha value is -2.64. The number of aromatic hydroxyl groups is 1. The molecule has 0 atom stereocenters. The van der Waals surface area contributed by atoms with Crippen LogP contribution in [0.3, 0.4) is 0 Å². The van der Waals surface area contributed by atoms with E-state index < -0.39 is 23.4 Å². The molecule has 6 nitrogen and oxygen atoms in total. The standard InChI is InChI=1S/C12H10F2N2O4/c1-16-7(4-6(15-16)12(18)19)5-3-8(20-2)10(14)11(17)9(5)13/h3-4,17H,1-2H3,(H,18,19). The molecule has 106 valence electrons. The third kappa shape index (κ3) is 2.04. The van der Waals surface area contributed by atoms with Crippen LogP contribution in [0.4, 0.5) is 8.78 Å². The number of hydrogen-bond donors (Lipinski definition) is 2. The molecule has 2 rings (SSSR count). The number of aromatic carboxylic acids is 1. The largest absolute Gasteiger partial charge is 0.503 e. The first-order chi connectivity index (χ1) is 9.36. The lowest BCUT2D eigenvalue weighted by Gasteiger charge is -2.09. The Labute approximate surface area is 111 Å². The fourth-order valence-electron chi connectivity index (χ4n) is 1.76. The van der Waals surface area contributed by atoms with Gasteiger partial charge in [-0.1, -0.05) is 0 Å². The molecule has 0 aliphatic rings. The normalized spacial score (nSPS) is 10.6. The number of halogens is 2.